The van der Waals surface area contributed by atoms with Gasteiger partial charge in [-0.1, -0.05) is 23.7 Å². The average molecular weight is 427 g/mol. The summed E-state index contributed by atoms with van der Waals surface area (Å²) in [5, 5.41) is 7.85. The molecule has 0 radical (unpaired) electrons. The van der Waals surface area contributed by atoms with Crippen LogP contribution in [0.2, 0.25) is 5.02 Å². The first-order valence-electron chi connectivity index (χ1n) is 9.78. The van der Waals surface area contributed by atoms with Crippen LogP contribution in [0.3, 0.4) is 0 Å². The third-order valence-electron chi connectivity index (χ3n) is 4.75. The molecule has 2 heterocycles. The van der Waals surface area contributed by atoms with Gasteiger partial charge in [0.15, 0.2) is 12.4 Å². The summed E-state index contributed by atoms with van der Waals surface area (Å²) < 4.78 is 12.6. The molecule has 1 saturated heterocycles. The number of ether oxygens (including phenoxy) is 2. The van der Waals surface area contributed by atoms with Crippen molar-refractivity contribution in [1.82, 2.24) is 14.7 Å². The molecular formula is C22H23ClN4O3. The largest absolute Gasteiger partial charge is 0.471 e. The highest BCUT2D eigenvalue weighted by molar-refractivity contribution is 6.30. The zero-order valence-electron chi connectivity index (χ0n) is 16.5. The van der Waals surface area contributed by atoms with Crippen LogP contribution in [0.1, 0.15) is 16.1 Å². The Hall–Kier alpha value is -2.87. The van der Waals surface area contributed by atoms with Gasteiger partial charge in [0.2, 0.25) is 0 Å². The van der Waals surface area contributed by atoms with Gasteiger partial charge in [-0.25, -0.2) is 4.68 Å². The molecule has 0 spiro atoms. The summed E-state index contributed by atoms with van der Waals surface area (Å²) in [5.74, 6) is 0.418. The Morgan fingerprint density at radius 3 is 2.73 bits per heavy atom. The number of morpholine rings is 1. The second-order valence-electron chi connectivity index (χ2n) is 7.01. The molecule has 30 heavy (non-hydrogen) atoms. The van der Waals surface area contributed by atoms with Gasteiger partial charge in [-0.05, 0) is 48.0 Å². The van der Waals surface area contributed by atoms with Crippen molar-refractivity contribution in [2.75, 3.05) is 31.6 Å². The molecule has 1 aromatic heterocycles. The lowest BCUT2D eigenvalue weighted by molar-refractivity contribution is 0.0342. The first kappa shape index (κ1) is 20.4. The summed E-state index contributed by atoms with van der Waals surface area (Å²) in [4.78, 5) is 14.9. The number of nitrogens with one attached hydrogen (secondary N) is 1. The second-order valence-corrected chi connectivity index (χ2v) is 7.45. The van der Waals surface area contributed by atoms with Crippen LogP contribution in [0.25, 0.3) is 0 Å². The Morgan fingerprint density at radius 2 is 1.93 bits per heavy atom. The quantitative estimate of drug-likeness (QED) is 0.624. The molecule has 2 aromatic carbocycles. The van der Waals surface area contributed by atoms with Gasteiger partial charge in [-0.2, -0.15) is 5.10 Å². The zero-order chi connectivity index (χ0) is 20.8. The van der Waals surface area contributed by atoms with Crippen molar-refractivity contribution in [3.8, 4) is 5.75 Å². The molecule has 7 nitrogen and oxygen atoms in total. The molecule has 1 aliphatic rings. The molecule has 1 N–H and O–H groups in total. The van der Waals surface area contributed by atoms with E-state index >= 15 is 0 Å². The minimum absolute atomic E-state index is 0.198. The van der Waals surface area contributed by atoms with Gasteiger partial charge in [-0.3, -0.25) is 9.69 Å². The van der Waals surface area contributed by atoms with E-state index in [0.29, 0.717) is 16.5 Å². The topological polar surface area (TPSA) is 68.6 Å². The summed E-state index contributed by atoms with van der Waals surface area (Å²) >= 11 is 5.87. The predicted octanol–water partition coefficient (Wildman–Crippen LogP) is 3.66. The molecule has 4 rings (SSSR count). The fraction of sp³-hybridized carbons (Fsp3) is 0.273. The van der Waals surface area contributed by atoms with Crippen molar-refractivity contribution in [2.45, 2.75) is 13.3 Å². The lowest BCUT2D eigenvalue weighted by atomic mass is 10.2. The molecule has 8 heteroatoms. The van der Waals surface area contributed by atoms with Gasteiger partial charge in [0.05, 0.1) is 13.2 Å². The van der Waals surface area contributed by atoms with Crippen molar-refractivity contribution in [3.63, 3.8) is 0 Å². The first-order valence-corrected chi connectivity index (χ1v) is 10.2. The Morgan fingerprint density at radius 1 is 1.13 bits per heavy atom. The normalized spacial score (nSPS) is 14.4. The number of rotatable bonds is 7. The number of hydrogen-bond donors (Lipinski definition) is 1. The van der Waals surface area contributed by atoms with Crippen LogP contribution in [-0.4, -0.2) is 46.9 Å². The SMILES string of the molecule is O=C(Nc1cccc(CN2CCOCC2)c1)c1ccn(COc2ccc(Cl)cc2)n1. The molecule has 1 aliphatic heterocycles. The van der Waals surface area contributed by atoms with Crippen molar-refractivity contribution in [1.29, 1.82) is 0 Å². The summed E-state index contributed by atoms with van der Waals surface area (Å²) in [6, 6.07) is 16.6. The molecule has 0 atom stereocenters. The van der Waals surface area contributed by atoms with E-state index in [4.69, 9.17) is 21.1 Å². The van der Waals surface area contributed by atoms with Gasteiger partial charge in [0.25, 0.3) is 5.91 Å². The first-order chi connectivity index (χ1) is 14.7. The summed E-state index contributed by atoms with van der Waals surface area (Å²) in [6.45, 7) is 4.41. The maximum absolute atomic E-state index is 12.6. The lowest BCUT2D eigenvalue weighted by Gasteiger charge is -2.26. The number of aromatic nitrogens is 2. The molecular weight excluding hydrogens is 404 g/mol. The Labute approximate surface area is 180 Å². The van der Waals surface area contributed by atoms with Crippen LogP contribution < -0.4 is 10.1 Å². The van der Waals surface area contributed by atoms with E-state index in [9.17, 15) is 4.79 Å². The monoisotopic (exact) mass is 426 g/mol. The number of anilines is 1. The number of amides is 1. The smallest absolute Gasteiger partial charge is 0.276 e. The number of halogens is 1. The van der Waals surface area contributed by atoms with Gasteiger partial charge >= 0.3 is 0 Å². The molecule has 1 amide bonds. The van der Waals surface area contributed by atoms with Gasteiger partial charge < -0.3 is 14.8 Å². The van der Waals surface area contributed by atoms with Crippen molar-refractivity contribution >= 4 is 23.2 Å². The Kier molecular flexibility index (Phi) is 6.63. The van der Waals surface area contributed by atoms with Gasteiger partial charge in [-0.15, -0.1) is 0 Å². The maximum Gasteiger partial charge on any atom is 0.276 e. The van der Waals surface area contributed by atoms with Crippen LogP contribution in [0.4, 0.5) is 5.69 Å². The molecule has 0 saturated carbocycles. The number of benzene rings is 2. The second kappa shape index (κ2) is 9.75. The fourth-order valence-electron chi connectivity index (χ4n) is 3.19. The number of carbonyl (C=O) groups excluding carboxylic acids is 1. The van der Waals surface area contributed by atoms with Crippen LogP contribution in [0.15, 0.2) is 60.8 Å². The third-order valence-corrected chi connectivity index (χ3v) is 5.00. The zero-order valence-corrected chi connectivity index (χ0v) is 17.2. The molecule has 0 bridgehead atoms. The predicted molar refractivity (Wildman–Crippen MR) is 115 cm³/mol. The minimum atomic E-state index is -0.260. The Balaban J connectivity index is 1.32. The van der Waals surface area contributed by atoms with Crippen molar-refractivity contribution < 1.29 is 14.3 Å². The van der Waals surface area contributed by atoms with Crippen LogP contribution in [-0.2, 0) is 18.0 Å². The molecule has 0 aliphatic carbocycles. The highest BCUT2D eigenvalue weighted by atomic mass is 35.5. The van der Waals surface area contributed by atoms with E-state index in [2.05, 4.69) is 21.4 Å². The molecule has 0 unspecified atom stereocenters. The third kappa shape index (κ3) is 5.60. The standard InChI is InChI=1S/C22H23ClN4O3/c23-18-4-6-20(7-5-18)30-16-27-9-8-21(25-27)22(28)24-19-3-1-2-17(14-19)15-26-10-12-29-13-11-26/h1-9,14H,10-13,15-16H2,(H,24,28). The lowest BCUT2D eigenvalue weighted by Crippen LogP contribution is -2.35. The van der Waals surface area contributed by atoms with Gasteiger partial charge in [0, 0.05) is 36.5 Å². The van der Waals surface area contributed by atoms with Crippen LogP contribution >= 0.6 is 11.6 Å². The van der Waals surface area contributed by atoms with E-state index in [1.54, 1.807) is 41.2 Å². The summed E-state index contributed by atoms with van der Waals surface area (Å²) in [5.41, 5.74) is 2.22. The number of carbonyl (C=O) groups is 1. The van der Waals surface area contributed by atoms with Crippen LogP contribution in [0, 0.1) is 0 Å². The highest BCUT2D eigenvalue weighted by Crippen LogP contribution is 2.17. The van der Waals surface area contributed by atoms with Gasteiger partial charge in [0.1, 0.15) is 5.75 Å². The Bertz CT molecular complexity index is 984. The van der Waals surface area contributed by atoms with E-state index in [1.165, 1.54) is 0 Å². The molecule has 1 fully saturated rings. The fourth-order valence-corrected chi connectivity index (χ4v) is 3.31. The number of nitrogens with zero attached hydrogens (tertiary/aromatic N) is 3. The minimum Gasteiger partial charge on any atom is -0.471 e. The average Bonchev–Trinajstić information content (AvgIpc) is 3.24. The van der Waals surface area contributed by atoms with E-state index in [-0.39, 0.29) is 12.6 Å². The van der Waals surface area contributed by atoms with Crippen molar-refractivity contribution in [2.24, 2.45) is 0 Å². The van der Waals surface area contributed by atoms with E-state index in [0.717, 1.165) is 44.1 Å². The van der Waals surface area contributed by atoms with E-state index < -0.39 is 0 Å². The highest BCUT2D eigenvalue weighted by Gasteiger charge is 2.13. The maximum atomic E-state index is 12.6. The summed E-state index contributed by atoms with van der Waals surface area (Å²) in [6.07, 6.45) is 1.71. The van der Waals surface area contributed by atoms with Crippen molar-refractivity contribution in [3.05, 3.63) is 77.1 Å². The van der Waals surface area contributed by atoms with E-state index in [1.807, 2.05) is 18.2 Å². The summed E-state index contributed by atoms with van der Waals surface area (Å²) in [7, 11) is 0. The molecule has 3 aromatic rings. The molecule has 156 valence electrons. The van der Waals surface area contributed by atoms with Crippen LogP contribution in [0.5, 0.6) is 5.75 Å². The number of hydrogen-bond acceptors (Lipinski definition) is 5.